The van der Waals surface area contributed by atoms with Gasteiger partial charge < -0.3 is 9.67 Å². The summed E-state index contributed by atoms with van der Waals surface area (Å²) in [6.45, 7) is 4.53. The number of aliphatic hydroxyl groups is 1. The number of benzene rings is 1. The van der Waals surface area contributed by atoms with E-state index in [4.69, 9.17) is 0 Å². The molecule has 0 saturated carbocycles. The van der Waals surface area contributed by atoms with Crippen molar-refractivity contribution >= 4 is 27.0 Å². The van der Waals surface area contributed by atoms with Crippen molar-refractivity contribution in [1.29, 1.82) is 0 Å². The Balaban J connectivity index is 1.93. The maximum atomic E-state index is 10.6. The Kier molecular flexibility index (Phi) is 3.82. The third-order valence-electron chi connectivity index (χ3n) is 3.49. The van der Waals surface area contributed by atoms with Crippen molar-refractivity contribution in [1.82, 2.24) is 19.3 Å². The molecule has 0 fully saturated rings. The first-order valence-electron chi connectivity index (χ1n) is 6.88. The van der Waals surface area contributed by atoms with Crippen LogP contribution in [-0.4, -0.2) is 24.4 Å². The lowest BCUT2D eigenvalue weighted by Gasteiger charge is -2.17. The molecule has 2 aromatic heterocycles. The first kappa shape index (κ1) is 14.3. The van der Waals surface area contributed by atoms with E-state index in [-0.39, 0.29) is 6.04 Å². The van der Waals surface area contributed by atoms with Crippen LogP contribution in [0.2, 0.25) is 0 Å². The number of aliphatic hydroxyl groups excluding tert-OH is 1. The van der Waals surface area contributed by atoms with Crippen LogP contribution in [0, 0.1) is 0 Å². The Bertz CT molecular complexity index is 762. The molecule has 1 atom stereocenters. The van der Waals surface area contributed by atoms with Gasteiger partial charge in [-0.1, -0.05) is 12.1 Å². The topological polar surface area (TPSA) is 55.9 Å². The van der Waals surface area contributed by atoms with Crippen LogP contribution in [0.15, 0.2) is 41.3 Å². The van der Waals surface area contributed by atoms with Crippen LogP contribution in [0.5, 0.6) is 0 Å². The second kappa shape index (κ2) is 5.61. The molecule has 0 radical (unpaired) electrons. The van der Waals surface area contributed by atoms with E-state index in [1.165, 1.54) is 0 Å². The smallest absolute Gasteiger partial charge is 0.115 e. The van der Waals surface area contributed by atoms with E-state index >= 15 is 0 Å². The summed E-state index contributed by atoms with van der Waals surface area (Å²) in [5, 5.41) is 14.9. The number of halogens is 1. The summed E-state index contributed by atoms with van der Waals surface area (Å²) < 4.78 is 4.63. The van der Waals surface area contributed by atoms with E-state index in [0.717, 1.165) is 21.2 Å². The van der Waals surface area contributed by atoms with Crippen molar-refractivity contribution in [2.45, 2.75) is 32.5 Å². The minimum absolute atomic E-state index is 0.195. The van der Waals surface area contributed by atoms with E-state index < -0.39 is 6.10 Å². The summed E-state index contributed by atoms with van der Waals surface area (Å²) in [6.07, 6.45) is 2.84. The minimum atomic E-state index is -0.651. The van der Waals surface area contributed by atoms with Crippen LogP contribution in [-0.2, 0) is 6.54 Å². The van der Waals surface area contributed by atoms with Gasteiger partial charge in [0, 0.05) is 6.04 Å². The zero-order chi connectivity index (χ0) is 15.0. The highest BCUT2D eigenvalue weighted by molar-refractivity contribution is 9.10. The van der Waals surface area contributed by atoms with Gasteiger partial charge in [-0.15, -0.1) is 0 Å². The van der Waals surface area contributed by atoms with Crippen molar-refractivity contribution in [3.63, 3.8) is 0 Å². The van der Waals surface area contributed by atoms with Crippen LogP contribution in [0.3, 0.4) is 0 Å². The Morgan fingerprint density at radius 3 is 2.81 bits per heavy atom. The molecule has 3 aromatic rings. The second-order valence-corrected chi connectivity index (χ2v) is 6.17. The highest BCUT2D eigenvalue weighted by atomic mass is 79.9. The first-order valence-corrected chi connectivity index (χ1v) is 7.68. The van der Waals surface area contributed by atoms with Gasteiger partial charge in [-0.05, 0) is 41.9 Å². The van der Waals surface area contributed by atoms with Gasteiger partial charge >= 0.3 is 0 Å². The maximum absolute atomic E-state index is 10.6. The van der Waals surface area contributed by atoms with Crippen molar-refractivity contribution < 1.29 is 5.11 Å². The van der Waals surface area contributed by atoms with Crippen LogP contribution in [0.1, 0.15) is 31.7 Å². The van der Waals surface area contributed by atoms with Gasteiger partial charge in [-0.25, -0.2) is 4.98 Å². The molecule has 0 aliphatic heterocycles. The molecule has 0 aliphatic carbocycles. The normalized spacial score (nSPS) is 13.2. The van der Waals surface area contributed by atoms with E-state index in [9.17, 15) is 5.11 Å². The largest absolute Gasteiger partial charge is 0.385 e. The van der Waals surface area contributed by atoms with Crippen molar-refractivity contribution in [2.75, 3.05) is 0 Å². The summed E-state index contributed by atoms with van der Waals surface area (Å²) in [7, 11) is 0. The molecule has 3 rings (SSSR count). The number of hydrogen-bond acceptors (Lipinski definition) is 3. The number of nitrogens with zero attached hydrogens (tertiary/aromatic N) is 4. The molecule has 1 N–H and O–H groups in total. The highest BCUT2D eigenvalue weighted by Crippen LogP contribution is 2.27. The number of fused-ring (bicyclic) bond motifs is 1. The first-order chi connectivity index (χ1) is 10.1. The average Bonchev–Trinajstić information content (AvgIpc) is 3.03. The molecule has 5 nitrogen and oxygen atoms in total. The Labute approximate surface area is 131 Å². The maximum Gasteiger partial charge on any atom is 0.115 e. The lowest BCUT2D eigenvalue weighted by Crippen LogP contribution is -2.15. The van der Waals surface area contributed by atoms with Gasteiger partial charge in [-0.2, -0.15) is 5.10 Å². The fourth-order valence-electron chi connectivity index (χ4n) is 2.50. The third-order valence-corrected chi connectivity index (χ3v) is 4.10. The minimum Gasteiger partial charge on any atom is -0.385 e. The van der Waals surface area contributed by atoms with Gasteiger partial charge in [0.15, 0.2) is 0 Å². The van der Waals surface area contributed by atoms with Crippen molar-refractivity contribution in [3.05, 3.63) is 47.0 Å². The molecular formula is C15H17BrN4O. The fourth-order valence-corrected chi connectivity index (χ4v) is 3.04. The molecule has 0 spiro atoms. The monoisotopic (exact) mass is 348 g/mol. The summed E-state index contributed by atoms with van der Waals surface area (Å²) in [6, 6.07) is 8.10. The second-order valence-electron chi connectivity index (χ2n) is 5.32. The molecule has 1 unspecified atom stereocenters. The number of hydrogen-bond donors (Lipinski definition) is 1. The molecule has 110 valence electrons. The Morgan fingerprint density at radius 1 is 1.29 bits per heavy atom. The molecule has 0 aliphatic rings. The quantitative estimate of drug-likeness (QED) is 0.786. The number of para-hydroxylation sites is 2. The zero-order valence-electron chi connectivity index (χ0n) is 11.9. The average molecular weight is 349 g/mol. The molecule has 0 bridgehead atoms. The van der Waals surface area contributed by atoms with Gasteiger partial charge in [0.1, 0.15) is 6.10 Å². The van der Waals surface area contributed by atoms with Crippen molar-refractivity contribution in [2.24, 2.45) is 0 Å². The summed E-state index contributed by atoms with van der Waals surface area (Å²) >= 11 is 3.47. The predicted octanol–water partition coefficient (Wildman–Crippen LogP) is 3.31. The summed E-state index contributed by atoms with van der Waals surface area (Å²) in [4.78, 5) is 4.35. The lowest BCUT2D eigenvalue weighted by molar-refractivity contribution is 0.144. The van der Waals surface area contributed by atoms with E-state index in [1.807, 2.05) is 47.4 Å². The number of imidazole rings is 1. The number of rotatable bonds is 4. The van der Waals surface area contributed by atoms with Crippen LogP contribution < -0.4 is 0 Å². The standard InChI is InChI=1S/C15H17BrN4O/c1-10(2)20-15(11(16)7-18-20)14(21)8-19-9-17-12-5-3-4-6-13(12)19/h3-7,9-10,14,21H,8H2,1-2H3. The zero-order valence-corrected chi connectivity index (χ0v) is 13.5. The van der Waals surface area contributed by atoms with Crippen LogP contribution in [0.4, 0.5) is 0 Å². The Hall–Kier alpha value is -1.66. The predicted molar refractivity (Wildman–Crippen MR) is 85.0 cm³/mol. The molecule has 0 saturated heterocycles. The van der Waals surface area contributed by atoms with Crippen molar-refractivity contribution in [3.8, 4) is 0 Å². The Morgan fingerprint density at radius 2 is 2.05 bits per heavy atom. The van der Waals surface area contributed by atoms with Gasteiger partial charge in [0.2, 0.25) is 0 Å². The lowest BCUT2D eigenvalue weighted by atomic mass is 10.2. The van der Waals surface area contributed by atoms with E-state index in [2.05, 4.69) is 26.0 Å². The van der Waals surface area contributed by atoms with Crippen LogP contribution in [0.25, 0.3) is 11.0 Å². The molecule has 21 heavy (non-hydrogen) atoms. The SMILES string of the molecule is CC(C)n1ncc(Br)c1C(O)Cn1cnc2ccccc21. The number of aromatic nitrogens is 4. The summed E-state index contributed by atoms with van der Waals surface area (Å²) in [5.74, 6) is 0. The third kappa shape index (κ3) is 2.61. The van der Waals surface area contributed by atoms with Gasteiger partial charge in [0.25, 0.3) is 0 Å². The van der Waals surface area contributed by atoms with E-state index in [1.54, 1.807) is 12.5 Å². The molecule has 6 heteroatoms. The fraction of sp³-hybridized carbons (Fsp3) is 0.333. The van der Waals surface area contributed by atoms with Gasteiger partial charge in [0.05, 0.1) is 40.3 Å². The summed E-state index contributed by atoms with van der Waals surface area (Å²) in [5.41, 5.74) is 2.74. The molecule has 1 aromatic carbocycles. The molecule has 2 heterocycles. The highest BCUT2D eigenvalue weighted by Gasteiger charge is 2.20. The van der Waals surface area contributed by atoms with E-state index in [0.29, 0.717) is 6.54 Å². The van der Waals surface area contributed by atoms with Gasteiger partial charge in [-0.3, -0.25) is 4.68 Å². The molecular weight excluding hydrogens is 332 g/mol. The molecule has 0 amide bonds. The van der Waals surface area contributed by atoms with Crippen LogP contribution >= 0.6 is 15.9 Å².